The first kappa shape index (κ1) is 21.9. The molecule has 0 unspecified atom stereocenters. The first-order valence-corrected chi connectivity index (χ1v) is 12.6. The molecule has 3 aromatic heterocycles. The highest BCUT2D eigenvalue weighted by Crippen LogP contribution is 2.19. The number of sulfonamides is 1. The van der Waals surface area contributed by atoms with Crippen molar-refractivity contribution in [2.45, 2.75) is 25.3 Å². The van der Waals surface area contributed by atoms with Crippen molar-refractivity contribution in [3.63, 3.8) is 0 Å². The summed E-state index contributed by atoms with van der Waals surface area (Å²) in [4.78, 5) is 26.5. The minimum Gasteiger partial charge on any atom is -0.354 e. The van der Waals surface area contributed by atoms with E-state index in [1.807, 2.05) is 19.2 Å². The molecule has 4 rings (SSSR count). The van der Waals surface area contributed by atoms with Crippen molar-refractivity contribution in [3.05, 3.63) is 52.0 Å². The lowest BCUT2D eigenvalue weighted by Crippen LogP contribution is -2.46. The van der Waals surface area contributed by atoms with Gasteiger partial charge in [0, 0.05) is 69.7 Å². The Labute approximate surface area is 185 Å². The summed E-state index contributed by atoms with van der Waals surface area (Å²) in [5.41, 5.74) is 0.730. The molecule has 3 aromatic rings. The molecule has 0 atom stereocenters. The summed E-state index contributed by atoms with van der Waals surface area (Å²) in [5.74, 6) is 0.773. The van der Waals surface area contributed by atoms with Crippen LogP contribution in [0.3, 0.4) is 0 Å². The van der Waals surface area contributed by atoms with E-state index < -0.39 is 10.0 Å². The maximum Gasteiger partial charge on any atom is 0.258 e. The summed E-state index contributed by atoms with van der Waals surface area (Å²) in [5, 5.41) is 1.86. The van der Waals surface area contributed by atoms with Gasteiger partial charge in [-0.15, -0.1) is 11.3 Å². The molecule has 9 nitrogen and oxygen atoms in total. The van der Waals surface area contributed by atoms with E-state index >= 15 is 0 Å². The van der Waals surface area contributed by atoms with E-state index in [0.717, 1.165) is 37.7 Å². The van der Waals surface area contributed by atoms with E-state index in [2.05, 4.69) is 19.8 Å². The number of nitrogens with zero attached hydrogens (tertiary/aromatic N) is 6. The van der Waals surface area contributed by atoms with Crippen LogP contribution in [0.4, 0.5) is 5.82 Å². The lowest BCUT2D eigenvalue weighted by Gasteiger charge is -2.35. The average molecular weight is 463 g/mol. The quantitative estimate of drug-likeness (QED) is 0.526. The first-order chi connectivity index (χ1) is 14.9. The minimum absolute atomic E-state index is 0.0520. The molecule has 0 amide bonds. The number of anilines is 1. The second-order valence-electron chi connectivity index (χ2n) is 7.35. The zero-order valence-electron chi connectivity index (χ0n) is 17.6. The molecule has 1 aliphatic rings. The number of pyridine rings is 1. The third-order valence-electron chi connectivity index (χ3n) is 5.50. The van der Waals surface area contributed by atoms with E-state index in [-0.39, 0.29) is 10.5 Å². The van der Waals surface area contributed by atoms with Crippen LogP contribution in [0.25, 0.3) is 4.96 Å². The summed E-state index contributed by atoms with van der Waals surface area (Å²) in [6, 6.07) is 5.01. The molecular weight excluding hydrogens is 436 g/mol. The highest BCUT2D eigenvalue weighted by atomic mass is 32.2. The minimum atomic E-state index is -3.50. The molecule has 4 heterocycles. The Balaban J connectivity index is 1.39. The number of fused-ring (bicyclic) bond motifs is 1. The molecule has 1 aliphatic heterocycles. The number of hydrogen-bond acceptors (Lipinski definition) is 8. The van der Waals surface area contributed by atoms with Crippen LogP contribution in [0.2, 0.25) is 0 Å². The fraction of sp³-hybridized carbons (Fsp3) is 0.450. The largest absolute Gasteiger partial charge is 0.354 e. The fourth-order valence-electron chi connectivity index (χ4n) is 3.76. The second kappa shape index (κ2) is 9.03. The number of piperazine rings is 1. The van der Waals surface area contributed by atoms with E-state index in [4.69, 9.17) is 0 Å². The van der Waals surface area contributed by atoms with Crippen molar-refractivity contribution in [1.82, 2.24) is 23.6 Å². The van der Waals surface area contributed by atoms with E-state index in [1.165, 1.54) is 21.8 Å². The number of hydrogen-bond donors (Lipinski definition) is 0. The van der Waals surface area contributed by atoms with Gasteiger partial charge < -0.3 is 4.90 Å². The smallest absolute Gasteiger partial charge is 0.258 e. The fourth-order valence-corrected chi connectivity index (χ4v) is 5.90. The zero-order valence-corrected chi connectivity index (χ0v) is 19.3. The molecule has 0 bridgehead atoms. The van der Waals surface area contributed by atoms with Crippen LogP contribution in [-0.2, 0) is 16.6 Å². The Hall–Kier alpha value is -2.34. The zero-order chi connectivity index (χ0) is 22.0. The van der Waals surface area contributed by atoms with Crippen molar-refractivity contribution >= 4 is 32.1 Å². The molecule has 166 valence electrons. The first-order valence-electron chi connectivity index (χ1n) is 10.3. The highest BCUT2D eigenvalue weighted by molar-refractivity contribution is 7.89. The van der Waals surface area contributed by atoms with Gasteiger partial charge >= 0.3 is 0 Å². The monoisotopic (exact) mass is 462 g/mol. The molecule has 1 saturated heterocycles. The maximum atomic E-state index is 12.6. The lowest BCUT2D eigenvalue weighted by molar-refractivity contribution is 0.246. The van der Waals surface area contributed by atoms with Crippen LogP contribution >= 0.6 is 11.3 Å². The number of rotatable bonds is 7. The molecular formula is C20H26N6O3S2. The molecule has 0 N–H and O–H groups in total. The molecule has 0 saturated carbocycles. The summed E-state index contributed by atoms with van der Waals surface area (Å²) in [6.07, 6.45) is 3.19. The van der Waals surface area contributed by atoms with E-state index in [9.17, 15) is 13.2 Å². The Morgan fingerprint density at radius 1 is 1.13 bits per heavy atom. The standard InChI is InChI=1S/C20H26N6O3S2/c1-3-25(4-2)31(28,29)17-5-6-18(21-14-17)24-9-7-23(8-10-24)15-16-13-19(27)26-11-12-30-20(26)22-16/h5-6,11-14H,3-4,7-10,15H2,1-2H3. The molecule has 11 heteroatoms. The highest BCUT2D eigenvalue weighted by Gasteiger charge is 2.23. The van der Waals surface area contributed by atoms with Gasteiger partial charge in [-0.1, -0.05) is 13.8 Å². The van der Waals surface area contributed by atoms with Gasteiger partial charge in [-0.2, -0.15) is 4.31 Å². The summed E-state index contributed by atoms with van der Waals surface area (Å²) < 4.78 is 28.2. The Bertz CT molecular complexity index is 1190. The summed E-state index contributed by atoms with van der Waals surface area (Å²) in [6.45, 7) is 8.32. The van der Waals surface area contributed by atoms with Crippen molar-refractivity contribution < 1.29 is 8.42 Å². The van der Waals surface area contributed by atoms with Crippen LogP contribution in [0.5, 0.6) is 0 Å². The van der Waals surface area contributed by atoms with Gasteiger partial charge in [0.2, 0.25) is 10.0 Å². The van der Waals surface area contributed by atoms with Crippen molar-refractivity contribution in [2.24, 2.45) is 0 Å². The van der Waals surface area contributed by atoms with Gasteiger partial charge in [-0.05, 0) is 12.1 Å². The molecule has 1 fully saturated rings. The molecule has 0 radical (unpaired) electrons. The van der Waals surface area contributed by atoms with Crippen LogP contribution in [-0.4, -0.2) is 71.3 Å². The van der Waals surface area contributed by atoms with E-state index in [0.29, 0.717) is 24.6 Å². The Morgan fingerprint density at radius 3 is 2.52 bits per heavy atom. The lowest BCUT2D eigenvalue weighted by atomic mass is 10.2. The van der Waals surface area contributed by atoms with Gasteiger partial charge in [0.15, 0.2) is 4.96 Å². The van der Waals surface area contributed by atoms with Crippen molar-refractivity contribution in [2.75, 3.05) is 44.2 Å². The van der Waals surface area contributed by atoms with Crippen LogP contribution < -0.4 is 10.5 Å². The maximum absolute atomic E-state index is 12.6. The van der Waals surface area contributed by atoms with E-state index in [1.54, 1.807) is 28.8 Å². The van der Waals surface area contributed by atoms with Gasteiger partial charge in [0.25, 0.3) is 5.56 Å². The average Bonchev–Trinajstić information content (AvgIpc) is 3.24. The normalized spacial score (nSPS) is 15.8. The van der Waals surface area contributed by atoms with Gasteiger partial charge in [-0.3, -0.25) is 14.1 Å². The SMILES string of the molecule is CCN(CC)S(=O)(=O)c1ccc(N2CCN(Cc3cc(=O)n4ccsc4n3)CC2)nc1. The third-order valence-corrected chi connectivity index (χ3v) is 8.29. The topological polar surface area (TPSA) is 91.1 Å². The predicted molar refractivity (Wildman–Crippen MR) is 121 cm³/mol. The van der Waals surface area contributed by atoms with Crippen molar-refractivity contribution in [3.8, 4) is 0 Å². The Morgan fingerprint density at radius 2 is 1.87 bits per heavy atom. The summed E-state index contributed by atoms with van der Waals surface area (Å²) >= 11 is 1.45. The van der Waals surface area contributed by atoms with Crippen LogP contribution in [0, 0.1) is 0 Å². The predicted octanol–water partition coefficient (Wildman–Crippen LogP) is 1.50. The van der Waals surface area contributed by atoms with Gasteiger partial charge in [0.05, 0.1) is 5.69 Å². The van der Waals surface area contributed by atoms with Crippen LogP contribution in [0.1, 0.15) is 19.5 Å². The molecule has 31 heavy (non-hydrogen) atoms. The molecule has 0 spiro atoms. The second-order valence-corrected chi connectivity index (χ2v) is 10.2. The number of thiazole rings is 1. The summed E-state index contributed by atoms with van der Waals surface area (Å²) in [7, 11) is -3.50. The van der Waals surface area contributed by atoms with Crippen LogP contribution in [0.15, 0.2) is 45.7 Å². The van der Waals surface area contributed by atoms with Crippen molar-refractivity contribution in [1.29, 1.82) is 0 Å². The Kier molecular flexibility index (Phi) is 6.37. The van der Waals surface area contributed by atoms with Gasteiger partial charge in [-0.25, -0.2) is 18.4 Å². The molecule has 0 aromatic carbocycles. The molecule has 0 aliphatic carbocycles. The third kappa shape index (κ3) is 4.49. The van der Waals surface area contributed by atoms with Gasteiger partial charge in [0.1, 0.15) is 10.7 Å². The number of aromatic nitrogens is 3.